The van der Waals surface area contributed by atoms with Gasteiger partial charge < -0.3 is 19.6 Å². The van der Waals surface area contributed by atoms with Crippen LogP contribution in [-0.2, 0) is 4.79 Å². The van der Waals surface area contributed by atoms with E-state index in [9.17, 15) is 9.90 Å². The quantitative estimate of drug-likeness (QED) is 0.704. The number of aromatic amines is 1. The molecule has 2 aromatic heterocycles. The predicted octanol–water partition coefficient (Wildman–Crippen LogP) is 3.21. The first-order chi connectivity index (χ1) is 11.6. The van der Waals surface area contributed by atoms with Gasteiger partial charge >= 0.3 is 5.97 Å². The molecule has 1 aromatic carbocycles. The average Bonchev–Trinajstić information content (AvgIpc) is 3.02. The molecule has 3 aromatic rings. The van der Waals surface area contributed by atoms with Crippen molar-refractivity contribution in [3.05, 3.63) is 53.9 Å². The van der Waals surface area contributed by atoms with Crippen LogP contribution in [0.15, 0.2) is 42.7 Å². The summed E-state index contributed by atoms with van der Waals surface area (Å²) >= 11 is 0. The highest BCUT2D eigenvalue weighted by atomic mass is 16.5. The molecule has 3 rings (SSSR count). The Hall–Kier alpha value is -3.28. The van der Waals surface area contributed by atoms with Crippen molar-refractivity contribution >= 4 is 28.7 Å². The lowest BCUT2D eigenvalue weighted by Crippen LogP contribution is -2.02. The number of carbonyl (C=O) groups is 1. The Morgan fingerprint density at radius 1 is 1.25 bits per heavy atom. The van der Waals surface area contributed by atoms with Gasteiger partial charge in [0.15, 0.2) is 0 Å². The van der Waals surface area contributed by atoms with Crippen LogP contribution in [0.5, 0.6) is 11.5 Å². The van der Waals surface area contributed by atoms with Gasteiger partial charge in [0.25, 0.3) is 0 Å². The fraction of sp³-hybridized carbons (Fsp3) is 0.111. The number of ether oxygens (including phenoxy) is 2. The zero-order valence-electron chi connectivity index (χ0n) is 13.2. The summed E-state index contributed by atoms with van der Waals surface area (Å²) < 4.78 is 10.5. The molecule has 0 bridgehead atoms. The van der Waals surface area contributed by atoms with E-state index in [1.165, 1.54) is 14.2 Å². The molecule has 0 aliphatic rings. The maximum Gasteiger partial charge on any atom is 0.336 e. The second-order valence-electron chi connectivity index (χ2n) is 5.07. The van der Waals surface area contributed by atoms with Crippen LogP contribution < -0.4 is 9.47 Å². The van der Waals surface area contributed by atoms with Crippen molar-refractivity contribution in [2.24, 2.45) is 0 Å². The first-order valence-electron chi connectivity index (χ1n) is 7.23. The Labute approximate surface area is 138 Å². The first-order valence-corrected chi connectivity index (χ1v) is 7.23. The Morgan fingerprint density at radius 3 is 2.79 bits per heavy atom. The molecule has 0 saturated heterocycles. The van der Waals surface area contributed by atoms with Crippen LogP contribution in [0.2, 0.25) is 0 Å². The van der Waals surface area contributed by atoms with Gasteiger partial charge in [0.1, 0.15) is 17.1 Å². The van der Waals surface area contributed by atoms with Crippen LogP contribution in [0, 0.1) is 0 Å². The molecule has 0 saturated carbocycles. The number of H-pyrrole nitrogens is 1. The molecule has 0 atom stereocenters. The molecular weight excluding hydrogens is 308 g/mol. The molecule has 0 aliphatic heterocycles. The van der Waals surface area contributed by atoms with E-state index >= 15 is 0 Å². The number of fused-ring (bicyclic) bond motifs is 1. The van der Waals surface area contributed by atoms with Gasteiger partial charge in [-0.1, -0.05) is 0 Å². The molecule has 2 heterocycles. The molecule has 122 valence electrons. The lowest BCUT2D eigenvalue weighted by atomic mass is 10.0. The SMILES string of the molecule is COc1ccc(OC)c(/C(=C/c2c[nH]c3ncccc23)C(=O)O)c1. The number of hydrogen-bond donors (Lipinski definition) is 2. The van der Waals surface area contributed by atoms with Crippen molar-refractivity contribution < 1.29 is 19.4 Å². The van der Waals surface area contributed by atoms with Gasteiger partial charge in [-0.05, 0) is 36.4 Å². The summed E-state index contributed by atoms with van der Waals surface area (Å²) in [5.74, 6) is -0.0410. The zero-order valence-corrected chi connectivity index (χ0v) is 13.2. The third-order valence-electron chi connectivity index (χ3n) is 3.71. The van der Waals surface area contributed by atoms with Crippen LogP contribution in [-0.4, -0.2) is 35.3 Å². The number of benzene rings is 1. The van der Waals surface area contributed by atoms with E-state index in [1.807, 2.05) is 6.07 Å². The Morgan fingerprint density at radius 2 is 2.08 bits per heavy atom. The van der Waals surface area contributed by atoms with Crippen LogP contribution in [0.25, 0.3) is 22.7 Å². The normalized spacial score (nSPS) is 11.5. The van der Waals surface area contributed by atoms with Crippen LogP contribution in [0.1, 0.15) is 11.1 Å². The summed E-state index contributed by atoms with van der Waals surface area (Å²) in [5, 5.41) is 10.5. The highest BCUT2D eigenvalue weighted by molar-refractivity contribution is 6.22. The second kappa shape index (κ2) is 6.45. The Kier molecular flexibility index (Phi) is 4.20. The highest BCUT2D eigenvalue weighted by Crippen LogP contribution is 2.32. The third kappa shape index (κ3) is 2.81. The van der Waals surface area contributed by atoms with Crippen LogP contribution in [0.4, 0.5) is 0 Å². The number of aromatic nitrogens is 2. The molecule has 0 amide bonds. The molecule has 6 nitrogen and oxygen atoms in total. The van der Waals surface area contributed by atoms with Gasteiger partial charge in [0.05, 0.1) is 19.8 Å². The number of carboxylic acids is 1. The lowest BCUT2D eigenvalue weighted by Gasteiger charge is -2.11. The van der Waals surface area contributed by atoms with Gasteiger partial charge in [-0.3, -0.25) is 0 Å². The summed E-state index contributed by atoms with van der Waals surface area (Å²) in [4.78, 5) is 19.1. The number of carboxylic acid groups (broad SMARTS) is 1. The zero-order chi connectivity index (χ0) is 17.1. The lowest BCUT2D eigenvalue weighted by molar-refractivity contribution is -0.130. The van der Waals surface area contributed by atoms with Crippen molar-refractivity contribution in [3.8, 4) is 11.5 Å². The molecule has 0 spiro atoms. The van der Waals surface area contributed by atoms with Crippen LogP contribution in [0.3, 0.4) is 0 Å². The molecule has 2 N–H and O–H groups in total. The van der Waals surface area contributed by atoms with Gasteiger partial charge in [0, 0.05) is 28.9 Å². The number of aliphatic carboxylic acids is 1. The molecule has 0 radical (unpaired) electrons. The average molecular weight is 324 g/mol. The first kappa shape index (κ1) is 15.6. The summed E-state index contributed by atoms with van der Waals surface area (Å²) in [5.41, 5.74) is 1.99. The topological polar surface area (TPSA) is 84.4 Å². The minimum Gasteiger partial charge on any atom is -0.497 e. The van der Waals surface area contributed by atoms with E-state index in [1.54, 1.807) is 42.7 Å². The minimum atomic E-state index is -1.06. The number of hydrogen-bond acceptors (Lipinski definition) is 4. The summed E-state index contributed by atoms with van der Waals surface area (Å²) in [6, 6.07) is 8.73. The minimum absolute atomic E-state index is 0.107. The fourth-order valence-electron chi connectivity index (χ4n) is 2.53. The third-order valence-corrected chi connectivity index (χ3v) is 3.71. The van der Waals surface area contributed by atoms with Crippen molar-refractivity contribution in [1.29, 1.82) is 0 Å². The van der Waals surface area contributed by atoms with Crippen molar-refractivity contribution in [2.75, 3.05) is 14.2 Å². The number of methoxy groups -OCH3 is 2. The second-order valence-corrected chi connectivity index (χ2v) is 5.07. The molecule has 6 heteroatoms. The van der Waals surface area contributed by atoms with Gasteiger partial charge in [0.2, 0.25) is 0 Å². The van der Waals surface area contributed by atoms with E-state index in [-0.39, 0.29) is 5.57 Å². The Balaban J connectivity index is 2.19. The standard InChI is InChI=1S/C18H16N2O4/c1-23-12-5-6-16(24-2)14(9-12)15(18(21)22)8-11-10-20-17-13(11)4-3-7-19-17/h3-10H,1-2H3,(H,19,20)(H,21,22)/b15-8-. The van der Waals surface area contributed by atoms with Gasteiger partial charge in [-0.15, -0.1) is 0 Å². The maximum absolute atomic E-state index is 11.8. The molecule has 0 fully saturated rings. The summed E-state index contributed by atoms with van der Waals surface area (Å²) in [6.45, 7) is 0. The number of pyridine rings is 1. The van der Waals surface area contributed by atoms with E-state index < -0.39 is 5.97 Å². The number of nitrogens with zero attached hydrogens (tertiary/aromatic N) is 1. The monoisotopic (exact) mass is 324 g/mol. The van der Waals surface area contributed by atoms with Crippen molar-refractivity contribution in [1.82, 2.24) is 9.97 Å². The summed E-state index contributed by atoms with van der Waals surface area (Å²) in [6.07, 6.45) is 5.00. The molecule has 0 unspecified atom stereocenters. The van der Waals surface area contributed by atoms with Gasteiger partial charge in [-0.2, -0.15) is 0 Å². The smallest absolute Gasteiger partial charge is 0.336 e. The van der Waals surface area contributed by atoms with E-state index in [4.69, 9.17) is 9.47 Å². The molecular formula is C18H16N2O4. The fourth-order valence-corrected chi connectivity index (χ4v) is 2.53. The van der Waals surface area contributed by atoms with Crippen LogP contribution >= 0.6 is 0 Å². The highest BCUT2D eigenvalue weighted by Gasteiger charge is 2.17. The van der Waals surface area contributed by atoms with E-state index in [0.29, 0.717) is 22.7 Å². The number of rotatable bonds is 5. The van der Waals surface area contributed by atoms with E-state index in [0.717, 1.165) is 10.9 Å². The van der Waals surface area contributed by atoms with E-state index in [2.05, 4.69) is 9.97 Å². The molecule has 24 heavy (non-hydrogen) atoms. The maximum atomic E-state index is 11.8. The molecule has 0 aliphatic carbocycles. The largest absolute Gasteiger partial charge is 0.497 e. The Bertz CT molecular complexity index is 928. The number of nitrogens with one attached hydrogen (secondary N) is 1. The van der Waals surface area contributed by atoms with Crippen molar-refractivity contribution in [3.63, 3.8) is 0 Å². The summed E-state index contributed by atoms with van der Waals surface area (Å²) in [7, 11) is 3.03. The predicted molar refractivity (Wildman–Crippen MR) is 91.1 cm³/mol. The van der Waals surface area contributed by atoms with Crippen molar-refractivity contribution in [2.45, 2.75) is 0 Å². The van der Waals surface area contributed by atoms with Gasteiger partial charge in [-0.25, -0.2) is 9.78 Å².